The number of nitrogen functional groups attached to an aromatic ring is 1. The van der Waals surface area contributed by atoms with Crippen LogP contribution in [-0.4, -0.2) is 18.0 Å². The van der Waals surface area contributed by atoms with E-state index in [-0.39, 0.29) is 16.8 Å². The van der Waals surface area contributed by atoms with Gasteiger partial charge < -0.3 is 16.2 Å². The van der Waals surface area contributed by atoms with Crippen molar-refractivity contribution < 1.29 is 18.7 Å². The average molecular weight is 240 g/mol. The molecule has 0 heterocycles. The summed E-state index contributed by atoms with van der Waals surface area (Å²) in [5, 5.41) is 0. The number of primary amides is 1. The van der Waals surface area contributed by atoms with E-state index in [1.165, 1.54) is 19.9 Å². The number of esters is 1. The predicted octanol–water partition coefficient (Wildman–Crippen LogP) is 0.747. The molecule has 92 valence electrons. The molecule has 4 N–H and O–H groups in total. The lowest BCUT2D eigenvalue weighted by atomic mass is 10.1. The summed E-state index contributed by atoms with van der Waals surface area (Å²) in [6.45, 7) is 2.82. The molecule has 0 saturated heterocycles. The lowest BCUT2D eigenvalue weighted by Gasteiger charge is -2.10. The molecular weight excluding hydrogens is 227 g/mol. The van der Waals surface area contributed by atoms with Crippen LogP contribution in [0.1, 0.15) is 22.8 Å². The van der Waals surface area contributed by atoms with Crippen LogP contribution in [0.15, 0.2) is 12.1 Å². The fraction of sp³-hybridized carbons (Fsp3) is 0.273. The van der Waals surface area contributed by atoms with Gasteiger partial charge in [0.1, 0.15) is 5.82 Å². The zero-order valence-electron chi connectivity index (χ0n) is 9.49. The number of amides is 1. The van der Waals surface area contributed by atoms with Gasteiger partial charge in [-0.25, -0.2) is 9.18 Å². The van der Waals surface area contributed by atoms with Crippen molar-refractivity contribution in [2.75, 3.05) is 5.73 Å². The zero-order valence-corrected chi connectivity index (χ0v) is 9.49. The van der Waals surface area contributed by atoms with Gasteiger partial charge in [-0.3, -0.25) is 4.79 Å². The van der Waals surface area contributed by atoms with E-state index in [1.54, 1.807) is 0 Å². The molecule has 6 heteroatoms. The smallest absolute Gasteiger partial charge is 0.339 e. The van der Waals surface area contributed by atoms with E-state index in [1.807, 2.05) is 0 Å². The zero-order chi connectivity index (χ0) is 13.2. The van der Waals surface area contributed by atoms with E-state index in [4.69, 9.17) is 16.2 Å². The molecule has 1 unspecified atom stereocenters. The number of anilines is 1. The van der Waals surface area contributed by atoms with Crippen molar-refractivity contribution in [1.82, 2.24) is 0 Å². The van der Waals surface area contributed by atoms with Crippen molar-refractivity contribution >= 4 is 17.6 Å². The summed E-state index contributed by atoms with van der Waals surface area (Å²) in [5.41, 5.74) is 10.8. The Labute approximate surface area is 97.5 Å². The first-order valence-electron chi connectivity index (χ1n) is 4.89. The number of carbonyl (C=O) groups excluding carboxylic acids is 2. The molecule has 0 bridgehead atoms. The van der Waals surface area contributed by atoms with Crippen molar-refractivity contribution in [1.29, 1.82) is 0 Å². The van der Waals surface area contributed by atoms with E-state index in [0.717, 1.165) is 6.07 Å². The van der Waals surface area contributed by atoms with Gasteiger partial charge in [0.2, 0.25) is 0 Å². The van der Waals surface area contributed by atoms with Gasteiger partial charge in [-0.15, -0.1) is 0 Å². The number of benzene rings is 1. The van der Waals surface area contributed by atoms with Crippen molar-refractivity contribution in [3.63, 3.8) is 0 Å². The Bertz CT molecular complexity index is 451. The van der Waals surface area contributed by atoms with Gasteiger partial charge in [0.15, 0.2) is 6.10 Å². The van der Waals surface area contributed by atoms with Crippen LogP contribution in [0.3, 0.4) is 0 Å². The fourth-order valence-electron chi connectivity index (χ4n) is 1.10. The van der Waals surface area contributed by atoms with Crippen LogP contribution in [0, 0.1) is 12.7 Å². The van der Waals surface area contributed by atoms with Crippen molar-refractivity contribution in [2.45, 2.75) is 20.0 Å². The number of hydrogen-bond donors (Lipinski definition) is 2. The second kappa shape index (κ2) is 4.82. The van der Waals surface area contributed by atoms with Gasteiger partial charge >= 0.3 is 5.97 Å². The molecule has 1 rings (SSSR count). The molecule has 5 nitrogen and oxygen atoms in total. The summed E-state index contributed by atoms with van der Waals surface area (Å²) in [5.74, 6) is -2.23. The van der Waals surface area contributed by atoms with Gasteiger partial charge in [0.25, 0.3) is 5.91 Å². The highest BCUT2D eigenvalue weighted by Gasteiger charge is 2.18. The Balaban J connectivity index is 2.94. The normalized spacial score (nSPS) is 11.9. The second-order valence-corrected chi connectivity index (χ2v) is 3.62. The van der Waals surface area contributed by atoms with E-state index >= 15 is 0 Å². The number of ether oxygens (including phenoxy) is 1. The van der Waals surface area contributed by atoms with E-state index in [0.29, 0.717) is 0 Å². The summed E-state index contributed by atoms with van der Waals surface area (Å²) in [7, 11) is 0. The third-order valence-corrected chi connectivity index (χ3v) is 2.30. The van der Waals surface area contributed by atoms with Crippen molar-refractivity contribution in [3.05, 3.63) is 29.1 Å². The quantitative estimate of drug-likeness (QED) is 0.601. The first kappa shape index (κ1) is 13.0. The number of halogens is 1. The van der Waals surface area contributed by atoms with Gasteiger partial charge in [0, 0.05) is 11.3 Å². The first-order valence-corrected chi connectivity index (χ1v) is 4.89. The minimum absolute atomic E-state index is 0.0568. The van der Waals surface area contributed by atoms with Crippen LogP contribution in [0.25, 0.3) is 0 Å². The van der Waals surface area contributed by atoms with Crippen LogP contribution in [0.5, 0.6) is 0 Å². The molecular formula is C11H13FN2O3. The van der Waals surface area contributed by atoms with Crippen LogP contribution < -0.4 is 11.5 Å². The van der Waals surface area contributed by atoms with Crippen LogP contribution in [0.2, 0.25) is 0 Å². The Kier molecular flexibility index (Phi) is 3.67. The maximum atomic E-state index is 13.3. The van der Waals surface area contributed by atoms with Crippen LogP contribution in [0.4, 0.5) is 10.1 Å². The predicted molar refractivity (Wildman–Crippen MR) is 59.6 cm³/mol. The summed E-state index contributed by atoms with van der Waals surface area (Å²) in [6, 6.07) is 2.29. The van der Waals surface area contributed by atoms with Gasteiger partial charge in [-0.1, -0.05) is 0 Å². The highest BCUT2D eigenvalue weighted by Crippen LogP contribution is 2.18. The summed E-state index contributed by atoms with van der Waals surface area (Å²) in [6.07, 6.45) is -1.08. The molecule has 1 atom stereocenters. The summed E-state index contributed by atoms with van der Waals surface area (Å²) < 4.78 is 18.0. The first-order chi connectivity index (χ1) is 7.82. The van der Waals surface area contributed by atoms with Gasteiger partial charge in [0.05, 0.1) is 5.56 Å². The molecule has 17 heavy (non-hydrogen) atoms. The van der Waals surface area contributed by atoms with E-state index in [2.05, 4.69) is 0 Å². The van der Waals surface area contributed by atoms with E-state index < -0.39 is 23.8 Å². The Morgan fingerprint density at radius 1 is 1.41 bits per heavy atom. The number of hydrogen-bond acceptors (Lipinski definition) is 4. The minimum Gasteiger partial charge on any atom is -0.449 e. The Hall–Kier alpha value is -2.11. The fourth-order valence-corrected chi connectivity index (χ4v) is 1.10. The molecule has 1 amide bonds. The standard InChI is InChI=1S/C11H13FN2O3/c1-5-8(12)3-7(4-9(5)13)11(16)17-6(2)10(14)15/h3-4,6H,13H2,1-2H3,(H2,14,15). The molecule has 0 aromatic heterocycles. The Morgan fingerprint density at radius 2 is 2.00 bits per heavy atom. The third kappa shape index (κ3) is 2.93. The second-order valence-electron chi connectivity index (χ2n) is 3.62. The molecule has 0 aliphatic heterocycles. The topological polar surface area (TPSA) is 95.4 Å². The maximum absolute atomic E-state index is 13.3. The summed E-state index contributed by atoms with van der Waals surface area (Å²) in [4.78, 5) is 22.2. The van der Waals surface area contributed by atoms with Crippen molar-refractivity contribution in [3.8, 4) is 0 Å². The molecule has 0 aliphatic rings. The molecule has 0 fully saturated rings. The number of carbonyl (C=O) groups is 2. The Morgan fingerprint density at radius 3 is 2.47 bits per heavy atom. The maximum Gasteiger partial charge on any atom is 0.339 e. The minimum atomic E-state index is -1.08. The van der Waals surface area contributed by atoms with Crippen LogP contribution >= 0.6 is 0 Å². The molecule has 0 radical (unpaired) electrons. The highest BCUT2D eigenvalue weighted by atomic mass is 19.1. The molecule has 0 saturated carbocycles. The molecule has 1 aromatic rings. The number of nitrogens with two attached hydrogens (primary N) is 2. The van der Waals surface area contributed by atoms with E-state index in [9.17, 15) is 14.0 Å². The molecule has 0 aliphatic carbocycles. The molecule has 1 aromatic carbocycles. The SMILES string of the molecule is Cc1c(N)cc(C(=O)OC(C)C(N)=O)cc1F. The van der Waals surface area contributed by atoms with Gasteiger partial charge in [-0.2, -0.15) is 0 Å². The number of rotatable bonds is 3. The van der Waals surface area contributed by atoms with Crippen LogP contribution in [-0.2, 0) is 9.53 Å². The third-order valence-electron chi connectivity index (χ3n) is 2.30. The van der Waals surface area contributed by atoms with Crippen molar-refractivity contribution in [2.24, 2.45) is 5.73 Å². The lowest BCUT2D eigenvalue weighted by Crippen LogP contribution is -2.30. The highest BCUT2D eigenvalue weighted by molar-refractivity contribution is 5.93. The monoisotopic (exact) mass is 240 g/mol. The lowest BCUT2D eigenvalue weighted by molar-refractivity contribution is -0.125. The average Bonchev–Trinajstić information content (AvgIpc) is 2.24. The largest absolute Gasteiger partial charge is 0.449 e. The molecule has 0 spiro atoms. The summed E-state index contributed by atoms with van der Waals surface area (Å²) >= 11 is 0. The van der Waals surface area contributed by atoms with Gasteiger partial charge in [-0.05, 0) is 26.0 Å².